The monoisotopic (exact) mass is 125 g/mol. The van der Waals surface area contributed by atoms with Gasteiger partial charge in [-0.2, -0.15) is 0 Å². The third-order valence-corrected chi connectivity index (χ3v) is 1.28. The third-order valence-electron chi connectivity index (χ3n) is 1.28. The van der Waals surface area contributed by atoms with Crippen molar-refractivity contribution in [1.29, 1.82) is 0 Å². The standard InChI is InChI=1S/C6H11N3/c1-6-2-4-9(7)5-3-8-6/h3,5H,2,4,7H2,1H3. The topological polar surface area (TPSA) is 41.6 Å². The molecule has 1 aliphatic rings. The number of hydrogen-bond acceptors (Lipinski definition) is 3. The fourth-order valence-electron chi connectivity index (χ4n) is 0.676. The van der Waals surface area contributed by atoms with Gasteiger partial charge in [0.15, 0.2) is 0 Å². The first-order valence-corrected chi connectivity index (χ1v) is 3.00. The van der Waals surface area contributed by atoms with Crippen molar-refractivity contribution in [2.75, 3.05) is 6.54 Å². The maximum atomic E-state index is 5.47. The minimum atomic E-state index is 0.867. The first-order valence-electron chi connectivity index (χ1n) is 3.00. The molecule has 0 aliphatic carbocycles. The van der Waals surface area contributed by atoms with Crippen LogP contribution in [0.4, 0.5) is 0 Å². The number of hydrogen-bond donors (Lipinski definition) is 1. The molecule has 0 saturated heterocycles. The lowest BCUT2D eigenvalue weighted by Gasteiger charge is -2.08. The zero-order valence-corrected chi connectivity index (χ0v) is 5.54. The van der Waals surface area contributed by atoms with E-state index in [9.17, 15) is 0 Å². The summed E-state index contributed by atoms with van der Waals surface area (Å²) in [5.74, 6) is 5.47. The summed E-state index contributed by atoms with van der Waals surface area (Å²) in [5.41, 5.74) is 1.14. The average Bonchev–Trinajstić information content (AvgIpc) is 1.97. The van der Waals surface area contributed by atoms with Crippen LogP contribution in [0.3, 0.4) is 0 Å². The molecule has 0 aromatic rings. The van der Waals surface area contributed by atoms with Crippen molar-refractivity contribution in [1.82, 2.24) is 5.01 Å². The first kappa shape index (κ1) is 6.29. The number of rotatable bonds is 0. The van der Waals surface area contributed by atoms with Crippen LogP contribution < -0.4 is 5.84 Å². The van der Waals surface area contributed by atoms with Crippen molar-refractivity contribution >= 4 is 5.71 Å². The van der Waals surface area contributed by atoms with Gasteiger partial charge in [-0.15, -0.1) is 0 Å². The summed E-state index contributed by atoms with van der Waals surface area (Å²) in [5, 5.41) is 1.64. The van der Waals surface area contributed by atoms with Gasteiger partial charge in [0.25, 0.3) is 0 Å². The Labute approximate surface area is 54.8 Å². The predicted molar refractivity (Wildman–Crippen MR) is 37.8 cm³/mol. The molecule has 3 heteroatoms. The molecule has 0 aromatic heterocycles. The molecule has 0 fully saturated rings. The molecule has 50 valence electrons. The second-order valence-electron chi connectivity index (χ2n) is 2.15. The van der Waals surface area contributed by atoms with Crippen molar-refractivity contribution < 1.29 is 0 Å². The molecule has 0 aromatic carbocycles. The molecule has 0 atom stereocenters. The Balaban J connectivity index is 2.55. The maximum Gasteiger partial charge on any atom is 0.0440 e. The van der Waals surface area contributed by atoms with Crippen LogP contribution >= 0.6 is 0 Å². The van der Waals surface area contributed by atoms with Gasteiger partial charge in [0.05, 0.1) is 0 Å². The van der Waals surface area contributed by atoms with E-state index >= 15 is 0 Å². The van der Waals surface area contributed by atoms with E-state index in [1.54, 1.807) is 17.4 Å². The Morgan fingerprint density at radius 1 is 1.78 bits per heavy atom. The Bertz CT molecular complexity index is 148. The van der Waals surface area contributed by atoms with E-state index in [1.807, 2.05) is 6.92 Å². The molecule has 1 aliphatic heterocycles. The van der Waals surface area contributed by atoms with Crippen molar-refractivity contribution in [3.63, 3.8) is 0 Å². The Morgan fingerprint density at radius 3 is 3.33 bits per heavy atom. The zero-order valence-electron chi connectivity index (χ0n) is 5.54. The second-order valence-corrected chi connectivity index (χ2v) is 2.15. The van der Waals surface area contributed by atoms with Crippen molar-refractivity contribution in [2.45, 2.75) is 13.3 Å². The van der Waals surface area contributed by atoms with Crippen LogP contribution in [0.2, 0.25) is 0 Å². The number of aliphatic imine (C=N–C) groups is 1. The maximum absolute atomic E-state index is 5.47. The third kappa shape index (κ3) is 1.85. The average molecular weight is 125 g/mol. The minimum absolute atomic E-state index is 0.867. The summed E-state index contributed by atoms with van der Waals surface area (Å²) >= 11 is 0. The van der Waals surface area contributed by atoms with Crippen LogP contribution in [-0.4, -0.2) is 17.3 Å². The van der Waals surface area contributed by atoms with Gasteiger partial charge in [0.1, 0.15) is 0 Å². The number of nitrogens with zero attached hydrogens (tertiary/aromatic N) is 2. The Kier molecular flexibility index (Phi) is 1.85. The van der Waals surface area contributed by atoms with Gasteiger partial charge in [0, 0.05) is 31.1 Å². The van der Waals surface area contributed by atoms with E-state index < -0.39 is 0 Å². The summed E-state index contributed by atoms with van der Waals surface area (Å²) in [6.07, 6.45) is 4.46. The lowest BCUT2D eigenvalue weighted by molar-refractivity contribution is 0.407. The zero-order chi connectivity index (χ0) is 6.69. The molecular formula is C6H11N3. The van der Waals surface area contributed by atoms with Gasteiger partial charge < -0.3 is 5.01 Å². The normalized spacial score (nSPS) is 19.3. The minimum Gasteiger partial charge on any atom is -0.316 e. The highest BCUT2D eigenvalue weighted by Crippen LogP contribution is 1.95. The molecule has 0 spiro atoms. The van der Waals surface area contributed by atoms with Gasteiger partial charge >= 0.3 is 0 Å². The van der Waals surface area contributed by atoms with Crippen LogP contribution in [0.15, 0.2) is 17.4 Å². The van der Waals surface area contributed by atoms with Crippen LogP contribution in [0.25, 0.3) is 0 Å². The van der Waals surface area contributed by atoms with E-state index in [2.05, 4.69) is 4.99 Å². The van der Waals surface area contributed by atoms with Crippen LogP contribution in [0.1, 0.15) is 13.3 Å². The molecule has 0 unspecified atom stereocenters. The molecular weight excluding hydrogens is 114 g/mol. The second kappa shape index (κ2) is 2.64. The first-order chi connectivity index (χ1) is 4.29. The molecule has 0 bridgehead atoms. The van der Waals surface area contributed by atoms with E-state index in [-0.39, 0.29) is 0 Å². The lowest BCUT2D eigenvalue weighted by Crippen LogP contribution is -2.25. The molecule has 0 amide bonds. The number of hydrazine groups is 1. The van der Waals surface area contributed by atoms with E-state index in [0.717, 1.165) is 18.7 Å². The van der Waals surface area contributed by atoms with Crippen LogP contribution in [0.5, 0.6) is 0 Å². The van der Waals surface area contributed by atoms with E-state index in [0.29, 0.717) is 0 Å². The van der Waals surface area contributed by atoms with Crippen molar-refractivity contribution in [2.24, 2.45) is 10.8 Å². The molecule has 0 radical (unpaired) electrons. The lowest BCUT2D eigenvalue weighted by atomic mass is 10.3. The smallest absolute Gasteiger partial charge is 0.0440 e. The number of nitrogens with two attached hydrogens (primary N) is 1. The van der Waals surface area contributed by atoms with Crippen molar-refractivity contribution in [3.05, 3.63) is 12.4 Å². The van der Waals surface area contributed by atoms with Gasteiger partial charge in [-0.1, -0.05) is 0 Å². The summed E-state index contributed by atoms with van der Waals surface area (Å²) < 4.78 is 0. The fourth-order valence-corrected chi connectivity index (χ4v) is 0.676. The SMILES string of the molecule is CC1=NC=CN(N)CC1. The van der Waals surface area contributed by atoms with E-state index in [1.165, 1.54) is 0 Å². The molecule has 9 heavy (non-hydrogen) atoms. The Morgan fingerprint density at radius 2 is 2.56 bits per heavy atom. The van der Waals surface area contributed by atoms with Crippen LogP contribution in [-0.2, 0) is 0 Å². The summed E-state index contributed by atoms with van der Waals surface area (Å²) in [6, 6.07) is 0. The summed E-state index contributed by atoms with van der Waals surface area (Å²) in [4.78, 5) is 4.09. The summed E-state index contributed by atoms with van der Waals surface area (Å²) in [7, 11) is 0. The molecule has 3 nitrogen and oxygen atoms in total. The molecule has 2 N–H and O–H groups in total. The summed E-state index contributed by atoms with van der Waals surface area (Å²) in [6.45, 7) is 2.87. The largest absolute Gasteiger partial charge is 0.316 e. The quantitative estimate of drug-likeness (QED) is 0.479. The van der Waals surface area contributed by atoms with Gasteiger partial charge in [0.2, 0.25) is 0 Å². The van der Waals surface area contributed by atoms with E-state index in [4.69, 9.17) is 5.84 Å². The highest BCUT2D eigenvalue weighted by molar-refractivity contribution is 5.82. The highest BCUT2D eigenvalue weighted by atomic mass is 15.4. The fraction of sp³-hybridized carbons (Fsp3) is 0.500. The van der Waals surface area contributed by atoms with Crippen molar-refractivity contribution in [3.8, 4) is 0 Å². The van der Waals surface area contributed by atoms with Gasteiger partial charge in [-0.25, -0.2) is 5.84 Å². The molecule has 1 heterocycles. The molecule has 1 rings (SSSR count). The Hall–Kier alpha value is -0.830. The van der Waals surface area contributed by atoms with Crippen LogP contribution in [0, 0.1) is 0 Å². The predicted octanol–water partition coefficient (Wildman–Crippen LogP) is 0.498. The van der Waals surface area contributed by atoms with Gasteiger partial charge in [-0.05, 0) is 6.92 Å². The molecule has 0 saturated carbocycles. The highest BCUT2D eigenvalue weighted by Gasteiger charge is 1.97. The van der Waals surface area contributed by atoms with Gasteiger partial charge in [-0.3, -0.25) is 4.99 Å².